The zero-order valence-corrected chi connectivity index (χ0v) is 14.0. The predicted molar refractivity (Wildman–Crippen MR) is 87.0 cm³/mol. The number of carbonyl (C=O) groups is 1. The zero-order valence-electron chi connectivity index (χ0n) is 13.2. The molecule has 1 aromatic carbocycles. The van der Waals surface area contributed by atoms with Crippen molar-refractivity contribution in [2.45, 2.75) is 26.2 Å². The van der Waals surface area contributed by atoms with Crippen molar-refractivity contribution in [2.24, 2.45) is 5.92 Å². The van der Waals surface area contributed by atoms with Crippen molar-refractivity contribution in [3.05, 3.63) is 35.4 Å². The molecule has 0 bridgehead atoms. The van der Waals surface area contributed by atoms with Gasteiger partial charge in [0.25, 0.3) is 0 Å². The Hall–Kier alpha value is -1.40. The summed E-state index contributed by atoms with van der Waals surface area (Å²) in [5, 5.41) is 2.96. The molecule has 0 aromatic heterocycles. The second kappa shape index (κ2) is 7.24. The Morgan fingerprint density at radius 1 is 1.23 bits per heavy atom. The summed E-state index contributed by atoms with van der Waals surface area (Å²) in [5.74, 6) is 0.384. The maximum atomic E-state index is 11.9. The number of amides is 1. The fraction of sp³-hybridized carbons (Fsp3) is 0.562. The lowest BCUT2D eigenvalue weighted by Gasteiger charge is -2.30. The minimum atomic E-state index is -3.08. The van der Waals surface area contributed by atoms with Gasteiger partial charge in [-0.15, -0.1) is 0 Å². The van der Waals surface area contributed by atoms with Gasteiger partial charge >= 0.3 is 0 Å². The van der Waals surface area contributed by atoms with Crippen LogP contribution < -0.4 is 5.32 Å². The molecule has 1 aliphatic heterocycles. The molecular formula is C16H24N2O3S. The Kier molecular flexibility index (Phi) is 5.58. The largest absolute Gasteiger partial charge is 0.356 e. The predicted octanol–water partition coefficient (Wildman–Crippen LogP) is 1.33. The molecule has 1 aromatic rings. The van der Waals surface area contributed by atoms with E-state index < -0.39 is 10.0 Å². The van der Waals surface area contributed by atoms with E-state index in [2.05, 4.69) is 5.32 Å². The van der Waals surface area contributed by atoms with Gasteiger partial charge in [-0.25, -0.2) is 12.7 Å². The molecule has 5 nitrogen and oxygen atoms in total. The van der Waals surface area contributed by atoms with Crippen molar-refractivity contribution in [3.63, 3.8) is 0 Å². The number of hydrogen-bond donors (Lipinski definition) is 1. The summed E-state index contributed by atoms with van der Waals surface area (Å²) >= 11 is 0. The molecule has 1 fully saturated rings. The maximum absolute atomic E-state index is 11.9. The number of benzene rings is 1. The Balaban J connectivity index is 1.72. The van der Waals surface area contributed by atoms with Crippen LogP contribution in [0.5, 0.6) is 0 Å². The average molecular weight is 324 g/mol. The Bertz CT molecular complexity index is 603. The van der Waals surface area contributed by atoms with Crippen molar-refractivity contribution in [3.8, 4) is 0 Å². The first-order valence-electron chi connectivity index (χ1n) is 7.62. The van der Waals surface area contributed by atoms with Crippen LogP contribution >= 0.6 is 0 Å². The molecule has 1 aliphatic rings. The highest BCUT2D eigenvalue weighted by Crippen LogP contribution is 2.18. The number of carbonyl (C=O) groups excluding carboxylic acids is 1. The van der Waals surface area contributed by atoms with Crippen molar-refractivity contribution in [2.75, 3.05) is 25.9 Å². The van der Waals surface area contributed by atoms with E-state index in [-0.39, 0.29) is 5.91 Å². The van der Waals surface area contributed by atoms with Gasteiger partial charge in [-0.3, -0.25) is 4.79 Å². The molecule has 0 spiro atoms. The number of nitrogens with one attached hydrogen (secondary N) is 1. The summed E-state index contributed by atoms with van der Waals surface area (Å²) in [7, 11) is -3.08. The molecule has 1 saturated heterocycles. The maximum Gasteiger partial charge on any atom is 0.224 e. The smallest absolute Gasteiger partial charge is 0.224 e. The van der Waals surface area contributed by atoms with E-state index in [1.807, 2.05) is 31.2 Å². The van der Waals surface area contributed by atoms with E-state index in [4.69, 9.17) is 0 Å². The van der Waals surface area contributed by atoms with Crippen LogP contribution in [0.3, 0.4) is 0 Å². The van der Waals surface area contributed by atoms with E-state index in [9.17, 15) is 13.2 Å². The third-order valence-corrected chi connectivity index (χ3v) is 5.42. The second-order valence-electron chi connectivity index (χ2n) is 6.07. The zero-order chi connectivity index (χ0) is 16.2. The first-order valence-corrected chi connectivity index (χ1v) is 9.47. The van der Waals surface area contributed by atoms with Crippen LogP contribution in [-0.2, 0) is 21.2 Å². The first-order chi connectivity index (χ1) is 10.3. The summed E-state index contributed by atoms with van der Waals surface area (Å²) in [6, 6.07) is 7.95. The van der Waals surface area contributed by atoms with Crippen molar-refractivity contribution < 1.29 is 13.2 Å². The summed E-state index contributed by atoms with van der Waals surface area (Å²) in [5.41, 5.74) is 2.19. The first kappa shape index (κ1) is 17.0. The highest BCUT2D eigenvalue weighted by Gasteiger charge is 2.24. The third-order valence-electron chi connectivity index (χ3n) is 4.12. The lowest BCUT2D eigenvalue weighted by Crippen LogP contribution is -2.41. The van der Waals surface area contributed by atoms with Crippen molar-refractivity contribution >= 4 is 15.9 Å². The Labute approximate surface area is 132 Å². The molecule has 122 valence electrons. The topological polar surface area (TPSA) is 66.5 Å². The summed E-state index contributed by atoms with van der Waals surface area (Å²) in [6.45, 7) is 3.75. The number of hydrogen-bond acceptors (Lipinski definition) is 3. The summed E-state index contributed by atoms with van der Waals surface area (Å²) < 4.78 is 24.4. The molecule has 0 unspecified atom stereocenters. The van der Waals surface area contributed by atoms with Crippen LogP contribution in [0.1, 0.15) is 24.0 Å². The van der Waals surface area contributed by atoms with E-state index in [1.54, 1.807) is 0 Å². The SMILES string of the molecule is Cc1ccc(CC(=O)NCC2CCN(S(C)(=O)=O)CC2)cc1. The molecule has 1 N–H and O–H groups in total. The number of rotatable bonds is 5. The molecule has 22 heavy (non-hydrogen) atoms. The lowest BCUT2D eigenvalue weighted by molar-refractivity contribution is -0.120. The van der Waals surface area contributed by atoms with E-state index in [0.717, 1.165) is 18.4 Å². The van der Waals surface area contributed by atoms with Crippen molar-refractivity contribution in [1.82, 2.24) is 9.62 Å². The van der Waals surface area contributed by atoms with Crippen LogP contribution in [0.15, 0.2) is 24.3 Å². The van der Waals surface area contributed by atoms with Crippen molar-refractivity contribution in [1.29, 1.82) is 0 Å². The van der Waals surface area contributed by atoms with Gasteiger partial charge in [-0.1, -0.05) is 29.8 Å². The fourth-order valence-electron chi connectivity index (χ4n) is 2.66. The van der Waals surface area contributed by atoms with Gasteiger partial charge in [0.2, 0.25) is 15.9 Å². The number of sulfonamides is 1. The normalized spacial score (nSPS) is 17.4. The molecule has 0 saturated carbocycles. The van der Waals surface area contributed by atoms with Gasteiger partial charge in [0.1, 0.15) is 0 Å². The van der Waals surface area contributed by atoms with E-state index >= 15 is 0 Å². The van der Waals surface area contributed by atoms with Gasteiger partial charge in [0.15, 0.2) is 0 Å². The molecule has 0 radical (unpaired) electrons. The molecule has 6 heteroatoms. The van der Waals surface area contributed by atoms with Crippen LogP contribution in [0, 0.1) is 12.8 Å². The lowest BCUT2D eigenvalue weighted by atomic mass is 9.98. The summed E-state index contributed by atoms with van der Waals surface area (Å²) in [4.78, 5) is 11.9. The van der Waals surface area contributed by atoms with Crippen LogP contribution in [0.4, 0.5) is 0 Å². The molecule has 1 amide bonds. The van der Waals surface area contributed by atoms with Gasteiger partial charge in [-0.2, -0.15) is 0 Å². The standard InChI is InChI=1S/C16H24N2O3S/c1-13-3-5-14(6-4-13)11-16(19)17-12-15-7-9-18(10-8-15)22(2,20)21/h3-6,15H,7-12H2,1-2H3,(H,17,19). The highest BCUT2D eigenvalue weighted by molar-refractivity contribution is 7.88. The second-order valence-corrected chi connectivity index (χ2v) is 8.05. The van der Waals surface area contributed by atoms with Gasteiger partial charge < -0.3 is 5.32 Å². The molecule has 2 rings (SSSR count). The van der Waals surface area contributed by atoms with Crippen LogP contribution in [0.2, 0.25) is 0 Å². The minimum absolute atomic E-state index is 0.0226. The molecule has 0 aliphatic carbocycles. The van der Waals surface area contributed by atoms with Gasteiger partial charge in [0.05, 0.1) is 12.7 Å². The van der Waals surface area contributed by atoms with Gasteiger partial charge in [-0.05, 0) is 31.2 Å². The van der Waals surface area contributed by atoms with Crippen LogP contribution in [0.25, 0.3) is 0 Å². The monoisotopic (exact) mass is 324 g/mol. The molecule has 0 atom stereocenters. The number of nitrogens with zero attached hydrogens (tertiary/aromatic N) is 1. The minimum Gasteiger partial charge on any atom is -0.356 e. The van der Waals surface area contributed by atoms with E-state index in [0.29, 0.717) is 32.0 Å². The van der Waals surface area contributed by atoms with E-state index in [1.165, 1.54) is 16.1 Å². The fourth-order valence-corrected chi connectivity index (χ4v) is 3.53. The number of aryl methyl sites for hydroxylation is 1. The van der Waals surface area contributed by atoms with Gasteiger partial charge in [0, 0.05) is 19.6 Å². The van der Waals surface area contributed by atoms with Crippen LogP contribution in [-0.4, -0.2) is 44.5 Å². The highest BCUT2D eigenvalue weighted by atomic mass is 32.2. The summed E-state index contributed by atoms with van der Waals surface area (Å²) in [6.07, 6.45) is 3.24. The Morgan fingerprint density at radius 2 is 1.82 bits per heavy atom. The number of piperidine rings is 1. The molecular weight excluding hydrogens is 300 g/mol. The average Bonchev–Trinajstić information content (AvgIpc) is 2.47. The Morgan fingerprint density at radius 3 is 2.36 bits per heavy atom. The third kappa shape index (κ3) is 5.10. The molecule has 1 heterocycles. The quantitative estimate of drug-likeness (QED) is 0.888.